The van der Waals surface area contributed by atoms with Crippen LogP contribution in [0.25, 0.3) is 60.6 Å². The maximum atomic E-state index is 6.62. The number of anilines is 3. The third kappa shape index (κ3) is 4.61. The molecule has 0 radical (unpaired) electrons. The van der Waals surface area contributed by atoms with Crippen LogP contribution in [0.4, 0.5) is 17.1 Å². The summed E-state index contributed by atoms with van der Waals surface area (Å²) in [5.74, 6) is 2.26. The molecule has 0 spiro atoms. The third-order valence-electron chi connectivity index (χ3n) is 9.37. The van der Waals surface area contributed by atoms with Gasteiger partial charge in [-0.1, -0.05) is 109 Å². The number of benzene rings is 7. The average molecular weight is 661 g/mol. The minimum atomic E-state index is 0.690. The zero-order chi connectivity index (χ0) is 33.0. The summed E-state index contributed by atoms with van der Waals surface area (Å²) in [5.41, 5.74) is 10.7. The van der Waals surface area contributed by atoms with Crippen molar-refractivity contribution in [3.05, 3.63) is 170 Å². The Hall–Kier alpha value is -6.50. The summed E-state index contributed by atoms with van der Waals surface area (Å²) < 4.78 is 13.9. The van der Waals surface area contributed by atoms with Gasteiger partial charge in [-0.05, 0) is 83.3 Å². The highest BCUT2D eigenvalue weighted by atomic mass is 32.1. The molecule has 0 unspecified atom stereocenters. The van der Waals surface area contributed by atoms with Gasteiger partial charge >= 0.3 is 0 Å². The number of rotatable bonds is 5. The van der Waals surface area contributed by atoms with Crippen LogP contribution in [-0.2, 0) is 0 Å². The molecular weight excluding hydrogens is 633 g/mol. The van der Waals surface area contributed by atoms with Gasteiger partial charge in [-0.25, -0.2) is 4.98 Å². The maximum absolute atomic E-state index is 6.62. The average Bonchev–Trinajstić information content (AvgIpc) is 3.81. The van der Waals surface area contributed by atoms with Crippen LogP contribution in [0.15, 0.2) is 170 Å². The molecule has 7 aromatic carbocycles. The predicted octanol–water partition coefficient (Wildman–Crippen LogP) is 12.2. The van der Waals surface area contributed by atoms with Crippen LogP contribution in [0, 0.1) is 0 Å². The molecule has 1 aliphatic heterocycles. The Morgan fingerprint density at radius 2 is 1.20 bits per heavy atom. The van der Waals surface area contributed by atoms with Crippen molar-refractivity contribution in [3.8, 4) is 50.3 Å². The van der Waals surface area contributed by atoms with E-state index in [-0.39, 0.29) is 0 Å². The Bertz CT molecular complexity index is 2700. The lowest BCUT2D eigenvalue weighted by Gasteiger charge is -2.33. The lowest BCUT2D eigenvalue weighted by molar-refractivity contribution is 0.478. The fraction of sp³-hybridized carbons (Fsp3) is 0. The van der Waals surface area contributed by atoms with E-state index in [1.54, 1.807) is 0 Å². The van der Waals surface area contributed by atoms with E-state index in [1.165, 1.54) is 33.4 Å². The van der Waals surface area contributed by atoms with E-state index in [0.717, 1.165) is 61.4 Å². The Labute approximate surface area is 293 Å². The summed E-state index contributed by atoms with van der Waals surface area (Å²) in [6.45, 7) is 0. The first kappa shape index (κ1) is 28.5. The number of hydrogen-bond donors (Lipinski definition) is 0. The molecule has 10 rings (SSSR count). The van der Waals surface area contributed by atoms with Crippen molar-refractivity contribution in [3.63, 3.8) is 0 Å². The van der Waals surface area contributed by atoms with Crippen molar-refractivity contribution in [2.45, 2.75) is 0 Å². The van der Waals surface area contributed by atoms with Gasteiger partial charge in [0.15, 0.2) is 17.3 Å². The van der Waals surface area contributed by atoms with Crippen molar-refractivity contribution in [2.24, 2.45) is 0 Å². The van der Waals surface area contributed by atoms with E-state index in [4.69, 9.17) is 14.1 Å². The number of nitrogens with zero attached hydrogens (tertiary/aromatic N) is 4. The largest absolute Gasteiger partial charge is 0.452 e. The van der Waals surface area contributed by atoms with Gasteiger partial charge < -0.3 is 14.2 Å². The van der Waals surface area contributed by atoms with Gasteiger partial charge in [0.2, 0.25) is 0 Å². The fourth-order valence-corrected chi connectivity index (χ4v) is 7.80. The van der Waals surface area contributed by atoms with Gasteiger partial charge in [-0.15, -0.1) is 0 Å². The number of hydrogen-bond acceptors (Lipinski definition) is 5. The van der Waals surface area contributed by atoms with Crippen LogP contribution in [0.2, 0.25) is 0 Å². The summed E-state index contributed by atoms with van der Waals surface area (Å²) in [6, 6.07) is 59.2. The van der Waals surface area contributed by atoms with E-state index in [1.807, 2.05) is 24.3 Å². The minimum absolute atomic E-state index is 0.690. The van der Waals surface area contributed by atoms with Crippen molar-refractivity contribution >= 4 is 50.4 Å². The second-order valence-electron chi connectivity index (χ2n) is 12.3. The molecule has 0 fully saturated rings. The van der Waals surface area contributed by atoms with Gasteiger partial charge in [-0.2, -0.15) is 4.37 Å². The summed E-state index contributed by atoms with van der Waals surface area (Å²) >= 11 is 1.39. The number of ether oxygens (including phenoxy) is 1. The molecule has 9 aromatic rings. The highest BCUT2D eigenvalue weighted by Crippen LogP contribution is 2.53. The first-order valence-electron chi connectivity index (χ1n) is 16.6. The molecule has 6 heteroatoms. The molecule has 0 atom stereocenters. The van der Waals surface area contributed by atoms with Crippen molar-refractivity contribution in [1.29, 1.82) is 0 Å². The Kier molecular flexibility index (Phi) is 6.60. The lowest BCUT2D eigenvalue weighted by Crippen LogP contribution is -2.16. The SMILES string of the molecule is c1ccc(-c2cccc(-n3c4ccccc4c4ccc(-c5nsc(-c6cccc7c6Oc6ccccc6N7c6ccccc6)n5)cc43)c2)cc1. The molecular formula is C44H28N4OS. The van der Waals surface area contributed by atoms with Crippen LogP contribution in [-0.4, -0.2) is 13.9 Å². The molecule has 50 heavy (non-hydrogen) atoms. The summed E-state index contributed by atoms with van der Waals surface area (Å²) in [7, 11) is 0. The molecule has 0 N–H and O–H groups in total. The van der Waals surface area contributed by atoms with Gasteiger partial charge in [-0.3, -0.25) is 0 Å². The first-order chi connectivity index (χ1) is 24.8. The Morgan fingerprint density at radius 3 is 2.10 bits per heavy atom. The lowest BCUT2D eigenvalue weighted by atomic mass is 10.1. The molecule has 5 nitrogen and oxygen atoms in total. The fourth-order valence-electron chi connectivity index (χ4n) is 7.09. The summed E-state index contributed by atoms with van der Waals surface area (Å²) in [4.78, 5) is 7.38. The quantitative estimate of drug-likeness (QED) is 0.184. The van der Waals surface area contributed by atoms with Gasteiger partial charge in [0.05, 0.1) is 28.0 Å². The topological polar surface area (TPSA) is 43.2 Å². The second kappa shape index (κ2) is 11.6. The molecule has 1 aliphatic rings. The van der Waals surface area contributed by atoms with Crippen molar-refractivity contribution in [1.82, 2.24) is 13.9 Å². The predicted molar refractivity (Wildman–Crippen MR) is 205 cm³/mol. The van der Waals surface area contributed by atoms with Gasteiger partial charge in [0, 0.05) is 27.7 Å². The molecule has 0 bridgehead atoms. The zero-order valence-electron chi connectivity index (χ0n) is 26.8. The smallest absolute Gasteiger partial charge is 0.173 e. The number of fused-ring (bicyclic) bond motifs is 5. The van der Waals surface area contributed by atoms with E-state index in [9.17, 15) is 0 Å². The van der Waals surface area contributed by atoms with Crippen molar-refractivity contribution < 1.29 is 4.74 Å². The normalized spacial score (nSPS) is 12.1. The number of para-hydroxylation sites is 5. The van der Waals surface area contributed by atoms with Gasteiger partial charge in [0.1, 0.15) is 5.01 Å². The Balaban J connectivity index is 1.09. The van der Waals surface area contributed by atoms with Crippen LogP contribution in [0.1, 0.15) is 0 Å². The third-order valence-corrected chi connectivity index (χ3v) is 10.1. The zero-order valence-corrected chi connectivity index (χ0v) is 27.6. The van der Waals surface area contributed by atoms with Crippen LogP contribution in [0.3, 0.4) is 0 Å². The molecule has 236 valence electrons. The summed E-state index contributed by atoms with van der Waals surface area (Å²) in [6.07, 6.45) is 0. The Morgan fingerprint density at radius 1 is 0.500 bits per heavy atom. The molecule has 3 heterocycles. The van der Waals surface area contributed by atoms with Crippen LogP contribution >= 0.6 is 11.5 Å². The van der Waals surface area contributed by atoms with E-state index in [0.29, 0.717) is 5.82 Å². The van der Waals surface area contributed by atoms with Gasteiger partial charge in [0.25, 0.3) is 0 Å². The highest BCUT2D eigenvalue weighted by Gasteiger charge is 2.29. The molecule has 0 saturated carbocycles. The maximum Gasteiger partial charge on any atom is 0.173 e. The van der Waals surface area contributed by atoms with Crippen LogP contribution < -0.4 is 9.64 Å². The monoisotopic (exact) mass is 660 g/mol. The van der Waals surface area contributed by atoms with E-state index in [2.05, 4.69) is 155 Å². The molecule has 0 aliphatic carbocycles. The minimum Gasteiger partial charge on any atom is -0.452 e. The highest BCUT2D eigenvalue weighted by molar-refractivity contribution is 7.09. The van der Waals surface area contributed by atoms with E-state index < -0.39 is 0 Å². The second-order valence-corrected chi connectivity index (χ2v) is 13.1. The number of aromatic nitrogens is 3. The standard InChI is InChI=1S/C44H28N4OS/c1-3-13-29(14-4-1)30-15-11-18-33(27-30)48-37-21-8-7-19-34(37)35-26-25-31(28-40(35)48)43-45-44(50-46-43)36-20-12-23-39-42(36)49-41-24-10-9-22-38(41)47(39)32-16-5-2-6-17-32/h1-28H. The van der Waals surface area contributed by atoms with Crippen molar-refractivity contribution in [2.75, 3.05) is 4.90 Å². The van der Waals surface area contributed by atoms with Crippen LogP contribution in [0.5, 0.6) is 11.5 Å². The first-order valence-corrected chi connectivity index (χ1v) is 17.4. The molecule has 0 amide bonds. The molecule has 0 saturated heterocycles. The molecule has 2 aromatic heterocycles. The summed E-state index contributed by atoms with van der Waals surface area (Å²) in [5, 5.41) is 3.21. The van der Waals surface area contributed by atoms with E-state index >= 15 is 0 Å².